The lowest BCUT2D eigenvalue weighted by Crippen LogP contribution is -1.99. The summed E-state index contributed by atoms with van der Waals surface area (Å²) in [6, 6.07) is 7.63. The molecule has 92 valence electrons. The standard InChI is InChI=1S/C13H14N4O/c1-17-9-12(8-16-17)15-7-10-3-4-11(6-14)13(5-10)18-2/h3-5,8-9,15H,7H2,1-2H3. The predicted octanol–water partition coefficient (Wildman–Crippen LogP) is 1.91. The summed E-state index contributed by atoms with van der Waals surface area (Å²) in [7, 11) is 3.43. The molecule has 0 aliphatic heterocycles. The molecule has 1 heterocycles. The third kappa shape index (κ3) is 2.61. The summed E-state index contributed by atoms with van der Waals surface area (Å²) in [6.07, 6.45) is 3.67. The highest BCUT2D eigenvalue weighted by molar-refractivity contribution is 5.46. The Hall–Kier alpha value is -2.48. The molecule has 0 radical (unpaired) electrons. The van der Waals surface area contributed by atoms with E-state index in [1.807, 2.05) is 25.4 Å². The van der Waals surface area contributed by atoms with Gasteiger partial charge < -0.3 is 10.1 Å². The van der Waals surface area contributed by atoms with E-state index in [2.05, 4.69) is 16.5 Å². The Morgan fingerprint density at radius 2 is 2.33 bits per heavy atom. The minimum atomic E-state index is 0.544. The SMILES string of the molecule is COc1cc(CNc2cnn(C)c2)ccc1C#N. The van der Waals surface area contributed by atoms with Gasteiger partial charge in [-0.3, -0.25) is 4.68 Å². The van der Waals surface area contributed by atoms with Crippen LogP contribution in [0.5, 0.6) is 5.75 Å². The summed E-state index contributed by atoms with van der Waals surface area (Å²) >= 11 is 0. The van der Waals surface area contributed by atoms with E-state index in [4.69, 9.17) is 10.00 Å². The first kappa shape index (κ1) is 12.0. The van der Waals surface area contributed by atoms with Crippen LogP contribution in [-0.4, -0.2) is 16.9 Å². The first-order valence-electron chi connectivity index (χ1n) is 5.52. The Morgan fingerprint density at radius 1 is 1.50 bits per heavy atom. The van der Waals surface area contributed by atoms with Crippen LogP contribution in [0.3, 0.4) is 0 Å². The van der Waals surface area contributed by atoms with Gasteiger partial charge in [0.05, 0.1) is 24.6 Å². The molecule has 0 aliphatic rings. The molecule has 1 N–H and O–H groups in total. The largest absolute Gasteiger partial charge is 0.495 e. The van der Waals surface area contributed by atoms with E-state index in [0.717, 1.165) is 11.3 Å². The fraction of sp³-hybridized carbons (Fsp3) is 0.231. The Morgan fingerprint density at radius 3 is 2.94 bits per heavy atom. The van der Waals surface area contributed by atoms with E-state index in [1.165, 1.54) is 0 Å². The first-order valence-corrected chi connectivity index (χ1v) is 5.52. The highest BCUT2D eigenvalue weighted by atomic mass is 16.5. The molecule has 0 spiro atoms. The number of aryl methyl sites for hydroxylation is 1. The summed E-state index contributed by atoms with van der Waals surface area (Å²) < 4.78 is 6.90. The van der Waals surface area contributed by atoms with E-state index in [-0.39, 0.29) is 0 Å². The zero-order valence-corrected chi connectivity index (χ0v) is 10.3. The maximum atomic E-state index is 8.89. The van der Waals surface area contributed by atoms with Crippen LogP contribution in [0.1, 0.15) is 11.1 Å². The van der Waals surface area contributed by atoms with Crippen molar-refractivity contribution in [2.45, 2.75) is 6.54 Å². The Bertz CT molecular complexity index is 583. The van der Waals surface area contributed by atoms with Crippen LogP contribution in [-0.2, 0) is 13.6 Å². The molecule has 0 atom stereocenters. The predicted molar refractivity (Wildman–Crippen MR) is 68.2 cm³/mol. The van der Waals surface area contributed by atoms with E-state index in [0.29, 0.717) is 17.9 Å². The number of aromatic nitrogens is 2. The van der Waals surface area contributed by atoms with Gasteiger partial charge in [-0.15, -0.1) is 0 Å². The van der Waals surface area contributed by atoms with E-state index in [1.54, 1.807) is 24.1 Å². The molecule has 0 bridgehead atoms. The van der Waals surface area contributed by atoms with Crippen molar-refractivity contribution < 1.29 is 4.74 Å². The molecule has 1 aromatic carbocycles. The van der Waals surface area contributed by atoms with E-state index in [9.17, 15) is 0 Å². The highest BCUT2D eigenvalue weighted by Crippen LogP contribution is 2.19. The van der Waals surface area contributed by atoms with Crippen molar-refractivity contribution in [3.8, 4) is 11.8 Å². The van der Waals surface area contributed by atoms with Crippen molar-refractivity contribution >= 4 is 5.69 Å². The summed E-state index contributed by atoms with van der Waals surface area (Å²) in [4.78, 5) is 0. The second kappa shape index (κ2) is 5.23. The summed E-state index contributed by atoms with van der Waals surface area (Å²) in [5.41, 5.74) is 2.55. The molecule has 0 saturated heterocycles. The fourth-order valence-corrected chi connectivity index (χ4v) is 1.65. The van der Waals surface area contributed by atoms with Crippen LogP contribution in [0.25, 0.3) is 0 Å². The van der Waals surface area contributed by atoms with Gasteiger partial charge in [0.2, 0.25) is 0 Å². The normalized spacial score (nSPS) is 9.83. The maximum absolute atomic E-state index is 8.89. The van der Waals surface area contributed by atoms with Crippen molar-refractivity contribution in [3.05, 3.63) is 41.7 Å². The topological polar surface area (TPSA) is 62.9 Å². The van der Waals surface area contributed by atoms with Crippen LogP contribution in [0.15, 0.2) is 30.6 Å². The second-order valence-electron chi connectivity index (χ2n) is 3.90. The Labute approximate surface area is 106 Å². The second-order valence-corrected chi connectivity index (χ2v) is 3.90. The minimum absolute atomic E-state index is 0.544. The molecule has 0 unspecified atom stereocenters. The smallest absolute Gasteiger partial charge is 0.136 e. The molecule has 5 nitrogen and oxygen atoms in total. The van der Waals surface area contributed by atoms with Gasteiger partial charge in [-0.1, -0.05) is 6.07 Å². The average Bonchev–Trinajstić information content (AvgIpc) is 2.81. The molecule has 0 amide bonds. The molecular weight excluding hydrogens is 228 g/mol. The Kier molecular flexibility index (Phi) is 3.49. The number of nitrogens with one attached hydrogen (secondary N) is 1. The molecule has 5 heteroatoms. The molecule has 0 saturated carbocycles. The van der Waals surface area contributed by atoms with Gasteiger partial charge >= 0.3 is 0 Å². The third-order valence-corrected chi connectivity index (χ3v) is 2.59. The lowest BCUT2D eigenvalue weighted by Gasteiger charge is -2.07. The van der Waals surface area contributed by atoms with E-state index >= 15 is 0 Å². The number of nitriles is 1. The maximum Gasteiger partial charge on any atom is 0.136 e. The quantitative estimate of drug-likeness (QED) is 0.889. The van der Waals surface area contributed by atoms with Gasteiger partial charge in [0, 0.05) is 19.8 Å². The van der Waals surface area contributed by atoms with Gasteiger partial charge in [0.25, 0.3) is 0 Å². The number of nitrogens with zero attached hydrogens (tertiary/aromatic N) is 3. The molecular formula is C13H14N4O. The van der Waals surface area contributed by atoms with Crippen molar-refractivity contribution in [3.63, 3.8) is 0 Å². The zero-order valence-electron chi connectivity index (χ0n) is 10.3. The van der Waals surface area contributed by atoms with Gasteiger partial charge in [0.1, 0.15) is 11.8 Å². The molecule has 0 aliphatic carbocycles. The lowest BCUT2D eigenvalue weighted by atomic mass is 10.1. The highest BCUT2D eigenvalue weighted by Gasteiger charge is 2.03. The van der Waals surface area contributed by atoms with Gasteiger partial charge in [0.15, 0.2) is 0 Å². The number of hydrogen-bond donors (Lipinski definition) is 1. The van der Waals surface area contributed by atoms with Crippen molar-refractivity contribution in [2.75, 3.05) is 12.4 Å². The average molecular weight is 242 g/mol. The third-order valence-electron chi connectivity index (χ3n) is 2.59. The van der Waals surface area contributed by atoms with Crippen LogP contribution >= 0.6 is 0 Å². The molecule has 0 fully saturated rings. The van der Waals surface area contributed by atoms with Gasteiger partial charge in [-0.25, -0.2) is 0 Å². The van der Waals surface area contributed by atoms with Gasteiger partial charge in [-0.2, -0.15) is 10.4 Å². The fourth-order valence-electron chi connectivity index (χ4n) is 1.65. The number of hydrogen-bond acceptors (Lipinski definition) is 4. The van der Waals surface area contributed by atoms with Gasteiger partial charge in [-0.05, 0) is 17.7 Å². The Balaban J connectivity index is 2.08. The molecule has 1 aromatic heterocycles. The molecule has 2 rings (SSSR count). The first-order chi connectivity index (χ1) is 8.72. The minimum Gasteiger partial charge on any atom is -0.495 e. The number of benzene rings is 1. The van der Waals surface area contributed by atoms with Crippen molar-refractivity contribution in [2.24, 2.45) is 7.05 Å². The summed E-state index contributed by atoms with van der Waals surface area (Å²) in [5.74, 6) is 0.600. The van der Waals surface area contributed by atoms with Crippen LogP contribution in [0.2, 0.25) is 0 Å². The molecule has 2 aromatic rings. The zero-order chi connectivity index (χ0) is 13.0. The van der Waals surface area contributed by atoms with Crippen LogP contribution < -0.4 is 10.1 Å². The monoisotopic (exact) mass is 242 g/mol. The number of rotatable bonds is 4. The van der Waals surface area contributed by atoms with Crippen molar-refractivity contribution in [1.82, 2.24) is 9.78 Å². The summed E-state index contributed by atoms with van der Waals surface area (Å²) in [6.45, 7) is 0.660. The summed E-state index contributed by atoms with van der Waals surface area (Å²) in [5, 5.41) is 16.2. The number of anilines is 1. The number of methoxy groups -OCH3 is 1. The van der Waals surface area contributed by atoms with E-state index < -0.39 is 0 Å². The van der Waals surface area contributed by atoms with Crippen LogP contribution in [0, 0.1) is 11.3 Å². The lowest BCUT2D eigenvalue weighted by molar-refractivity contribution is 0.413. The molecule has 18 heavy (non-hydrogen) atoms. The number of ether oxygens (including phenoxy) is 1. The van der Waals surface area contributed by atoms with Crippen LogP contribution in [0.4, 0.5) is 5.69 Å². The van der Waals surface area contributed by atoms with Crippen molar-refractivity contribution in [1.29, 1.82) is 5.26 Å².